The molecule has 0 aliphatic heterocycles. The zero-order valence-corrected chi connectivity index (χ0v) is 8.04. The van der Waals surface area contributed by atoms with Crippen molar-refractivity contribution in [2.45, 2.75) is 38.5 Å². The minimum atomic E-state index is -0.235. The number of primary amides is 1. The maximum atomic E-state index is 11.1. The predicted octanol–water partition coefficient (Wildman–Crippen LogP) is 1.05. The second-order valence-corrected chi connectivity index (χ2v) is 3.92. The van der Waals surface area contributed by atoms with Crippen molar-refractivity contribution in [2.75, 3.05) is 6.61 Å². The zero-order chi connectivity index (χ0) is 9.68. The Labute approximate surface area is 79.3 Å². The molecule has 0 spiro atoms. The second kappa shape index (κ2) is 5.22. The minimum Gasteiger partial charge on any atom is -0.396 e. The summed E-state index contributed by atoms with van der Waals surface area (Å²) in [5.74, 6) is 0.102. The molecule has 1 rings (SSSR count). The Kier molecular flexibility index (Phi) is 4.22. The maximum Gasteiger partial charge on any atom is 0.220 e. The van der Waals surface area contributed by atoms with Gasteiger partial charge in [0.1, 0.15) is 0 Å². The van der Waals surface area contributed by atoms with E-state index in [4.69, 9.17) is 10.8 Å². The van der Waals surface area contributed by atoms with Crippen LogP contribution in [0.2, 0.25) is 0 Å². The second-order valence-electron chi connectivity index (χ2n) is 3.92. The van der Waals surface area contributed by atoms with Gasteiger partial charge in [-0.3, -0.25) is 4.79 Å². The fraction of sp³-hybridized carbons (Fsp3) is 0.900. The highest BCUT2D eigenvalue weighted by Crippen LogP contribution is 2.31. The predicted molar refractivity (Wildman–Crippen MR) is 51.0 cm³/mol. The molecule has 3 nitrogen and oxygen atoms in total. The van der Waals surface area contributed by atoms with Crippen LogP contribution in [0.25, 0.3) is 0 Å². The Bertz CT molecular complexity index is 164. The fourth-order valence-corrected chi connectivity index (χ4v) is 2.29. The molecule has 3 heteroatoms. The molecule has 3 N–H and O–H groups in total. The molecule has 0 aromatic rings. The van der Waals surface area contributed by atoms with E-state index in [1.165, 1.54) is 19.3 Å². The van der Waals surface area contributed by atoms with Crippen molar-refractivity contribution >= 4 is 5.91 Å². The van der Waals surface area contributed by atoms with Crippen LogP contribution in [-0.2, 0) is 4.79 Å². The number of hydrogen-bond acceptors (Lipinski definition) is 2. The average Bonchev–Trinajstić information content (AvgIpc) is 2.15. The summed E-state index contributed by atoms with van der Waals surface area (Å²) in [6.45, 7) is 0.0735. The Morgan fingerprint density at radius 1 is 1.38 bits per heavy atom. The van der Waals surface area contributed by atoms with Gasteiger partial charge in [0.05, 0.1) is 0 Å². The number of aliphatic hydroxyl groups is 1. The summed E-state index contributed by atoms with van der Waals surface area (Å²) in [6.07, 6.45) is 6.45. The van der Waals surface area contributed by atoms with Gasteiger partial charge in [-0.25, -0.2) is 0 Å². The van der Waals surface area contributed by atoms with Gasteiger partial charge < -0.3 is 10.8 Å². The van der Waals surface area contributed by atoms with Gasteiger partial charge in [-0.2, -0.15) is 0 Å². The van der Waals surface area contributed by atoms with E-state index in [1.807, 2.05) is 0 Å². The summed E-state index contributed by atoms with van der Waals surface area (Å²) in [5, 5.41) is 8.81. The number of aliphatic hydroxyl groups excluding tert-OH is 1. The van der Waals surface area contributed by atoms with E-state index in [-0.39, 0.29) is 18.4 Å². The molecule has 1 aliphatic carbocycles. The summed E-state index contributed by atoms with van der Waals surface area (Å²) in [6, 6.07) is 0. The van der Waals surface area contributed by atoms with Gasteiger partial charge >= 0.3 is 0 Å². The molecule has 1 saturated carbocycles. The van der Waals surface area contributed by atoms with Crippen LogP contribution < -0.4 is 5.73 Å². The van der Waals surface area contributed by atoms with Crippen molar-refractivity contribution in [3.05, 3.63) is 0 Å². The van der Waals surface area contributed by atoms with Crippen molar-refractivity contribution in [1.29, 1.82) is 0 Å². The van der Waals surface area contributed by atoms with Crippen molar-refractivity contribution in [1.82, 2.24) is 0 Å². The standard InChI is InChI=1S/C10H19NO2/c11-10(13)9(6-7-12)8-4-2-1-3-5-8/h8-9,12H,1-7H2,(H2,11,13). The SMILES string of the molecule is NC(=O)C(CCO)C1CCCCC1. The van der Waals surface area contributed by atoms with E-state index in [0.29, 0.717) is 12.3 Å². The lowest BCUT2D eigenvalue weighted by atomic mass is 9.78. The molecule has 0 radical (unpaired) electrons. The van der Waals surface area contributed by atoms with E-state index in [0.717, 1.165) is 12.8 Å². The van der Waals surface area contributed by atoms with Gasteiger partial charge in [0.15, 0.2) is 0 Å². The molecule has 0 aromatic heterocycles. The smallest absolute Gasteiger partial charge is 0.220 e. The van der Waals surface area contributed by atoms with Gasteiger partial charge in [0.2, 0.25) is 5.91 Å². The van der Waals surface area contributed by atoms with Crippen LogP contribution in [0.1, 0.15) is 38.5 Å². The van der Waals surface area contributed by atoms with E-state index in [2.05, 4.69) is 0 Å². The van der Waals surface area contributed by atoms with Crippen LogP contribution in [0.5, 0.6) is 0 Å². The van der Waals surface area contributed by atoms with Gasteiger partial charge in [-0.15, -0.1) is 0 Å². The van der Waals surface area contributed by atoms with Crippen LogP contribution in [0.4, 0.5) is 0 Å². The molecule has 1 fully saturated rings. The van der Waals surface area contributed by atoms with Crippen LogP contribution in [0.15, 0.2) is 0 Å². The van der Waals surface area contributed by atoms with Crippen molar-refractivity contribution in [3.63, 3.8) is 0 Å². The molecule has 0 saturated heterocycles. The van der Waals surface area contributed by atoms with E-state index in [9.17, 15) is 4.79 Å². The third-order valence-corrected chi connectivity index (χ3v) is 3.02. The molecule has 76 valence electrons. The maximum absolute atomic E-state index is 11.1. The molecule has 1 atom stereocenters. The number of nitrogens with two attached hydrogens (primary N) is 1. The Morgan fingerprint density at radius 2 is 2.00 bits per heavy atom. The highest BCUT2D eigenvalue weighted by atomic mass is 16.3. The molecular weight excluding hydrogens is 166 g/mol. The Hall–Kier alpha value is -0.570. The van der Waals surface area contributed by atoms with Crippen LogP contribution in [-0.4, -0.2) is 17.6 Å². The van der Waals surface area contributed by atoms with Crippen LogP contribution in [0, 0.1) is 11.8 Å². The van der Waals surface area contributed by atoms with Gasteiger partial charge in [0.25, 0.3) is 0 Å². The lowest BCUT2D eigenvalue weighted by Crippen LogP contribution is -2.32. The van der Waals surface area contributed by atoms with Gasteiger partial charge in [-0.05, 0) is 25.2 Å². The van der Waals surface area contributed by atoms with Gasteiger partial charge in [0, 0.05) is 12.5 Å². The number of hydrogen-bond donors (Lipinski definition) is 2. The molecule has 0 aromatic carbocycles. The van der Waals surface area contributed by atoms with E-state index >= 15 is 0 Å². The molecule has 1 unspecified atom stereocenters. The molecule has 13 heavy (non-hydrogen) atoms. The molecule has 1 aliphatic rings. The first kappa shape index (κ1) is 10.5. The van der Waals surface area contributed by atoms with Crippen molar-refractivity contribution in [3.8, 4) is 0 Å². The molecular formula is C10H19NO2. The summed E-state index contributed by atoms with van der Waals surface area (Å²) >= 11 is 0. The lowest BCUT2D eigenvalue weighted by Gasteiger charge is -2.27. The highest BCUT2D eigenvalue weighted by molar-refractivity contribution is 5.76. The van der Waals surface area contributed by atoms with Gasteiger partial charge in [-0.1, -0.05) is 19.3 Å². The fourth-order valence-electron chi connectivity index (χ4n) is 2.29. The molecule has 0 bridgehead atoms. The average molecular weight is 185 g/mol. The first-order chi connectivity index (χ1) is 6.25. The molecule has 1 amide bonds. The number of carbonyl (C=O) groups excluding carboxylic acids is 1. The summed E-state index contributed by atoms with van der Waals surface area (Å²) in [7, 11) is 0. The van der Waals surface area contributed by atoms with E-state index in [1.54, 1.807) is 0 Å². The lowest BCUT2D eigenvalue weighted by molar-refractivity contribution is -0.124. The third-order valence-electron chi connectivity index (χ3n) is 3.02. The number of amides is 1. The quantitative estimate of drug-likeness (QED) is 0.687. The minimum absolute atomic E-state index is 0.0735. The highest BCUT2D eigenvalue weighted by Gasteiger charge is 2.26. The van der Waals surface area contributed by atoms with E-state index < -0.39 is 0 Å². The first-order valence-electron chi connectivity index (χ1n) is 5.16. The monoisotopic (exact) mass is 185 g/mol. The van der Waals surface area contributed by atoms with Crippen molar-refractivity contribution < 1.29 is 9.90 Å². The largest absolute Gasteiger partial charge is 0.396 e. The number of carbonyl (C=O) groups is 1. The summed E-state index contributed by atoms with van der Waals surface area (Å²) < 4.78 is 0. The van der Waals surface area contributed by atoms with Crippen LogP contribution >= 0.6 is 0 Å². The normalized spacial score (nSPS) is 21.3. The topological polar surface area (TPSA) is 63.3 Å². The summed E-state index contributed by atoms with van der Waals surface area (Å²) in [4.78, 5) is 11.1. The number of rotatable bonds is 4. The molecule has 0 heterocycles. The zero-order valence-electron chi connectivity index (χ0n) is 8.04. The Balaban J connectivity index is 2.46. The van der Waals surface area contributed by atoms with Crippen molar-refractivity contribution in [2.24, 2.45) is 17.6 Å². The van der Waals surface area contributed by atoms with Crippen LogP contribution in [0.3, 0.4) is 0 Å². The Morgan fingerprint density at radius 3 is 2.46 bits per heavy atom. The third kappa shape index (κ3) is 2.99. The first-order valence-corrected chi connectivity index (χ1v) is 5.16. The summed E-state index contributed by atoms with van der Waals surface area (Å²) in [5.41, 5.74) is 5.30.